The van der Waals surface area contributed by atoms with E-state index < -0.39 is 6.03 Å². The van der Waals surface area contributed by atoms with Gasteiger partial charge in [0.25, 0.3) is 0 Å². The minimum Gasteiger partial charge on any atom is -0.340 e. The van der Waals surface area contributed by atoms with Gasteiger partial charge in [0.2, 0.25) is 11.4 Å². The van der Waals surface area contributed by atoms with Crippen molar-refractivity contribution in [2.24, 2.45) is 0 Å². The van der Waals surface area contributed by atoms with E-state index in [0.717, 1.165) is 50.3 Å². The summed E-state index contributed by atoms with van der Waals surface area (Å²) in [5.74, 6) is 1.61. The van der Waals surface area contributed by atoms with Gasteiger partial charge in [-0.25, -0.2) is 0 Å². The molecule has 0 saturated heterocycles. The summed E-state index contributed by atoms with van der Waals surface area (Å²) in [7, 11) is 0. The quantitative estimate of drug-likeness (QED) is 0.267. The van der Waals surface area contributed by atoms with Gasteiger partial charge in [-0.2, -0.15) is 0 Å². The maximum absolute atomic E-state index is 7.09. The third-order valence-corrected chi connectivity index (χ3v) is 6.84. The molecule has 1 atom stereocenters. The average molecular weight is 469 g/mol. The summed E-state index contributed by atoms with van der Waals surface area (Å²) < 4.78 is 18.3. The van der Waals surface area contributed by atoms with Crippen molar-refractivity contribution in [1.82, 2.24) is 0 Å². The van der Waals surface area contributed by atoms with Gasteiger partial charge >= 0.3 is 6.03 Å². The number of para-hydroxylation sites is 3. The molecule has 0 amide bonds. The Morgan fingerprint density at radius 1 is 0.528 bits per heavy atom. The normalized spacial score (nSPS) is 17.9. The monoisotopic (exact) mass is 468 g/mol. The van der Waals surface area contributed by atoms with Crippen LogP contribution < -0.4 is 9.47 Å². The summed E-state index contributed by atoms with van der Waals surface area (Å²) in [6.07, 6.45) is 4.26. The van der Waals surface area contributed by atoms with Crippen molar-refractivity contribution in [3.8, 4) is 11.5 Å². The molecule has 36 heavy (non-hydrogen) atoms. The van der Waals surface area contributed by atoms with Crippen LogP contribution in [0.15, 0.2) is 115 Å². The SMILES string of the molecule is Cc1cccc2c1OC1(Oc3c(ccc4ccccc34)C=[N+]1c1ccccc1)[N+](c1ccccc1)=C2. The minimum atomic E-state index is -1.32. The lowest BCUT2D eigenvalue weighted by Crippen LogP contribution is -2.62. The van der Waals surface area contributed by atoms with E-state index in [1.165, 1.54) is 0 Å². The topological polar surface area (TPSA) is 24.5 Å². The van der Waals surface area contributed by atoms with Gasteiger partial charge in [-0.1, -0.05) is 88.0 Å². The lowest BCUT2D eigenvalue weighted by atomic mass is 10.0. The highest BCUT2D eigenvalue weighted by Gasteiger charge is 2.66. The lowest BCUT2D eigenvalue weighted by molar-refractivity contribution is -0.855. The predicted octanol–water partition coefficient (Wildman–Crippen LogP) is 6.77. The molecule has 0 aromatic heterocycles. The molecule has 7 rings (SSSR count). The first-order valence-electron chi connectivity index (χ1n) is 12.1. The first-order valence-corrected chi connectivity index (χ1v) is 12.1. The van der Waals surface area contributed by atoms with Gasteiger partial charge < -0.3 is 9.47 Å². The van der Waals surface area contributed by atoms with E-state index in [4.69, 9.17) is 9.47 Å². The molecule has 172 valence electrons. The summed E-state index contributed by atoms with van der Waals surface area (Å²) in [6, 6.07) is 37.9. The fraction of sp³-hybridized carbons (Fsp3) is 0.0625. The highest BCUT2D eigenvalue weighted by atomic mass is 16.7. The number of ether oxygens (including phenoxy) is 2. The lowest BCUT2D eigenvalue weighted by Gasteiger charge is -2.32. The van der Waals surface area contributed by atoms with E-state index >= 15 is 0 Å². The Hall–Kier alpha value is -4.70. The van der Waals surface area contributed by atoms with E-state index in [1.807, 2.05) is 48.5 Å². The molecule has 0 radical (unpaired) electrons. The average Bonchev–Trinajstić information content (AvgIpc) is 2.94. The van der Waals surface area contributed by atoms with Gasteiger partial charge in [-0.3, -0.25) is 0 Å². The van der Waals surface area contributed by atoms with Crippen LogP contribution in [0.3, 0.4) is 0 Å². The maximum Gasteiger partial charge on any atom is 0.714 e. The molecular weight excluding hydrogens is 444 g/mol. The second-order valence-electron chi connectivity index (χ2n) is 9.12. The van der Waals surface area contributed by atoms with Crippen molar-refractivity contribution in [3.63, 3.8) is 0 Å². The number of benzene rings is 5. The first kappa shape index (κ1) is 20.7. The van der Waals surface area contributed by atoms with Crippen molar-refractivity contribution in [1.29, 1.82) is 0 Å². The number of nitrogens with zero attached hydrogens (tertiary/aromatic N) is 2. The van der Waals surface area contributed by atoms with Crippen LogP contribution in [0.25, 0.3) is 10.8 Å². The molecule has 2 aliphatic rings. The molecule has 4 nitrogen and oxygen atoms in total. The van der Waals surface area contributed by atoms with Crippen LogP contribution >= 0.6 is 0 Å². The van der Waals surface area contributed by atoms with Gasteiger partial charge in [-0.15, -0.1) is 0 Å². The number of hydrogen-bond acceptors (Lipinski definition) is 2. The summed E-state index contributed by atoms with van der Waals surface area (Å²) >= 11 is 0. The Bertz CT molecular complexity index is 1690. The van der Waals surface area contributed by atoms with Crippen molar-refractivity contribution in [2.75, 3.05) is 0 Å². The summed E-state index contributed by atoms with van der Waals surface area (Å²) in [5.41, 5.74) is 4.97. The standard InChI is InChI=1S/C32H24N2O2/c1-23-11-10-13-25-21-33(27-14-4-2-5-15-27)32(35-30(23)25)34(28-16-6-3-7-17-28)22-26-20-19-24-12-8-9-18-29(24)31(26)36-32/h2-22H,1H3/q+2. The molecule has 4 heteroatoms. The molecule has 1 spiro atoms. The molecule has 0 saturated carbocycles. The zero-order chi connectivity index (χ0) is 24.1. The molecule has 2 heterocycles. The Balaban J connectivity index is 1.57. The van der Waals surface area contributed by atoms with Gasteiger partial charge in [0, 0.05) is 29.7 Å². The van der Waals surface area contributed by atoms with E-state index in [-0.39, 0.29) is 0 Å². The molecule has 0 fully saturated rings. The zero-order valence-corrected chi connectivity index (χ0v) is 19.8. The minimum absolute atomic E-state index is 0.798. The van der Waals surface area contributed by atoms with Gasteiger partial charge in [0.1, 0.15) is 0 Å². The van der Waals surface area contributed by atoms with Crippen molar-refractivity contribution in [3.05, 3.63) is 132 Å². The first-order chi connectivity index (χ1) is 17.7. The smallest absolute Gasteiger partial charge is 0.340 e. The molecule has 5 aromatic carbocycles. The second kappa shape index (κ2) is 7.92. The number of rotatable bonds is 2. The molecule has 0 bridgehead atoms. The molecule has 5 aromatic rings. The zero-order valence-electron chi connectivity index (χ0n) is 19.8. The molecular formula is C32H24N2O2+2. The highest BCUT2D eigenvalue weighted by Crippen LogP contribution is 2.43. The molecule has 1 unspecified atom stereocenters. The van der Waals surface area contributed by atoms with E-state index in [1.54, 1.807) is 0 Å². The van der Waals surface area contributed by atoms with E-state index in [0.29, 0.717) is 0 Å². The third kappa shape index (κ3) is 3.08. The maximum atomic E-state index is 7.09. The van der Waals surface area contributed by atoms with Crippen molar-refractivity contribution in [2.45, 2.75) is 13.0 Å². The van der Waals surface area contributed by atoms with Crippen LogP contribution in [-0.2, 0) is 0 Å². The predicted molar refractivity (Wildman–Crippen MR) is 142 cm³/mol. The number of aryl methyl sites for hydroxylation is 1. The van der Waals surface area contributed by atoms with Crippen LogP contribution in [0.1, 0.15) is 16.7 Å². The number of fused-ring (bicyclic) bond motifs is 4. The van der Waals surface area contributed by atoms with Crippen LogP contribution in [0.5, 0.6) is 11.5 Å². The Morgan fingerprint density at radius 2 is 1.11 bits per heavy atom. The van der Waals surface area contributed by atoms with Crippen LogP contribution in [-0.4, -0.2) is 27.6 Å². The third-order valence-electron chi connectivity index (χ3n) is 6.84. The Labute approximate surface area is 209 Å². The van der Waals surface area contributed by atoms with Crippen molar-refractivity contribution >= 4 is 34.6 Å². The van der Waals surface area contributed by atoms with Crippen LogP contribution in [0.4, 0.5) is 11.4 Å². The number of hydrogen-bond donors (Lipinski definition) is 0. The summed E-state index contributed by atoms with van der Waals surface area (Å²) in [6.45, 7) is 2.07. The molecule has 0 N–H and O–H groups in total. The Morgan fingerprint density at radius 3 is 1.81 bits per heavy atom. The highest BCUT2D eigenvalue weighted by molar-refractivity contribution is 5.97. The van der Waals surface area contributed by atoms with Crippen LogP contribution in [0.2, 0.25) is 0 Å². The van der Waals surface area contributed by atoms with Gasteiger partial charge in [0.15, 0.2) is 23.9 Å². The van der Waals surface area contributed by atoms with Crippen molar-refractivity contribution < 1.29 is 18.6 Å². The Kier molecular flexibility index (Phi) is 4.55. The van der Waals surface area contributed by atoms with E-state index in [2.05, 4.69) is 95.2 Å². The fourth-order valence-electron chi connectivity index (χ4n) is 5.09. The molecule has 0 aliphatic carbocycles. The largest absolute Gasteiger partial charge is 0.714 e. The second-order valence-corrected chi connectivity index (χ2v) is 9.12. The van der Waals surface area contributed by atoms with Gasteiger partial charge in [-0.05, 0) is 30.0 Å². The van der Waals surface area contributed by atoms with E-state index in [9.17, 15) is 0 Å². The van der Waals surface area contributed by atoms with Gasteiger partial charge in [0.05, 0.1) is 11.1 Å². The summed E-state index contributed by atoms with van der Waals surface area (Å²) in [5, 5.41) is 2.17. The summed E-state index contributed by atoms with van der Waals surface area (Å²) in [4.78, 5) is 0. The molecule has 2 aliphatic heterocycles. The van der Waals surface area contributed by atoms with Crippen LogP contribution in [0, 0.1) is 6.92 Å². The fourth-order valence-corrected chi connectivity index (χ4v) is 5.09.